The van der Waals surface area contributed by atoms with Gasteiger partial charge in [-0.2, -0.15) is 0 Å². The lowest BCUT2D eigenvalue weighted by Crippen LogP contribution is -2.30. The highest BCUT2D eigenvalue weighted by Gasteiger charge is 2.19. The molecule has 0 rings (SSSR count). The fraction of sp³-hybridized carbons (Fsp3) is 0.722. The molecule has 0 aromatic carbocycles. The van der Waals surface area contributed by atoms with Crippen molar-refractivity contribution < 1.29 is 28.6 Å². The molecule has 6 heteroatoms. The average Bonchev–Trinajstić information content (AvgIpc) is 3.24. The average molecular weight is 837 g/mol. The third kappa shape index (κ3) is 45.9. The van der Waals surface area contributed by atoms with Crippen molar-refractivity contribution >= 4 is 17.9 Å². The largest absolute Gasteiger partial charge is 0.462 e. The van der Waals surface area contributed by atoms with Gasteiger partial charge in [-0.25, -0.2) is 0 Å². The van der Waals surface area contributed by atoms with E-state index in [0.717, 1.165) is 109 Å². The highest BCUT2D eigenvalue weighted by molar-refractivity contribution is 5.71. The quantitative estimate of drug-likeness (QED) is 0.0263. The first-order chi connectivity index (χ1) is 29.5. The van der Waals surface area contributed by atoms with E-state index in [1.165, 1.54) is 83.5 Å². The maximum absolute atomic E-state index is 12.8. The number of hydrogen-bond acceptors (Lipinski definition) is 6. The highest BCUT2D eigenvalue weighted by Crippen LogP contribution is 2.14. The Morgan fingerprint density at radius 2 is 0.650 bits per heavy atom. The zero-order chi connectivity index (χ0) is 43.7. The maximum atomic E-state index is 12.8. The summed E-state index contributed by atoms with van der Waals surface area (Å²) in [6.45, 7) is 6.44. The lowest BCUT2D eigenvalue weighted by Gasteiger charge is -2.18. The zero-order valence-corrected chi connectivity index (χ0v) is 39.2. The van der Waals surface area contributed by atoms with Crippen LogP contribution in [0.3, 0.4) is 0 Å². The fourth-order valence-corrected chi connectivity index (χ4v) is 6.70. The minimum atomic E-state index is -0.795. The van der Waals surface area contributed by atoms with Gasteiger partial charge < -0.3 is 14.2 Å². The molecule has 0 amide bonds. The van der Waals surface area contributed by atoms with Gasteiger partial charge >= 0.3 is 17.9 Å². The second-order valence-corrected chi connectivity index (χ2v) is 16.3. The van der Waals surface area contributed by atoms with E-state index in [-0.39, 0.29) is 31.1 Å². The Balaban J connectivity index is 4.46. The lowest BCUT2D eigenvalue weighted by atomic mass is 10.0. The second-order valence-electron chi connectivity index (χ2n) is 16.3. The summed E-state index contributed by atoms with van der Waals surface area (Å²) in [6.07, 6.45) is 60.2. The number of unbranched alkanes of at least 4 members (excludes halogenated alkanes) is 21. The fourth-order valence-electron chi connectivity index (χ4n) is 6.70. The van der Waals surface area contributed by atoms with Crippen molar-refractivity contribution in [3.8, 4) is 0 Å². The number of rotatable bonds is 44. The Kier molecular flexibility index (Phi) is 46.0. The van der Waals surface area contributed by atoms with Crippen LogP contribution in [0.1, 0.15) is 233 Å². The van der Waals surface area contributed by atoms with Crippen molar-refractivity contribution in [3.63, 3.8) is 0 Å². The number of ether oxygens (including phenoxy) is 3. The normalized spacial score (nSPS) is 12.7. The van der Waals surface area contributed by atoms with E-state index < -0.39 is 6.10 Å². The first kappa shape index (κ1) is 56.9. The molecule has 0 N–H and O–H groups in total. The maximum Gasteiger partial charge on any atom is 0.306 e. The van der Waals surface area contributed by atoms with E-state index in [1.54, 1.807) is 0 Å². The van der Waals surface area contributed by atoms with Crippen molar-refractivity contribution in [2.24, 2.45) is 0 Å². The number of carbonyl (C=O) groups is 3. The van der Waals surface area contributed by atoms with Crippen LogP contribution in [0.4, 0.5) is 0 Å². The molecular weight excluding hydrogens is 745 g/mol. The van der Waals surface area contributed by atoms with Gasteiger partial charge in [-0.1, -0.05) is 196 Å². The molecule has 0 aliphatic heterocycles. The molecule has 0 aliphatic carbocycles. The van der Waals surface area contributed by atoms with Gasteiger partial charge in [-0.15, -0.1) is 0 Å². The molecule has 6 nitrogen and oxygen atoms in total. The van der Waals surface area contributed by atoms with E-state index >= 15 is 0 Å². The van der Waals surface area contributed by atoms with Crippen LogP contribution in [0.15, 0.2) is 72.9 Å². The predicted octanol–water partition coefficient (Wildman–Crippen LogP) is 16.3. The van der Waals surface area contributed by atoms with Crippen LogP contribution in [-0.4, -0.2) is 37.2 Å². The van der Waals surface area contributed by atoms with Crippen molar-refractivity contribution in [1.29, 1.82) is 0 Å². The molecule has 0 spiro atoms. The molecule has 0 heterocycles. The Hall–Kier alpha value is -3.15. The predicted molar refractivity (Wildman–Crippen MR) is 256 cm³/mol. The Labute approximate surface area is 370 Å². The summed E-state index contributed by atoms with van der Waals surface area (Å²) in [7, 11) is 0. The molecule has 0 radical (unpaired) electrons. The molecule has 0 aliphatic rings. The van der Waals surface area contributed by atoms with Gasteiger partial charge in [0, 0.05) is 19.3 Å². The molecule has 0 saturated carbocycles. The number of carbonyl (C=O) groups excluding carboxylic acids is 3. The van der Waals surface area contributed by atoms with Crippen LogP contribution >= 0.6 is 0 Å². The van der Waals surface area contributed by atoms with Crippen LogP contribution < -0.4 is 0 Å². The molecule has 344 valence electrons. The number of esters is 3. The van der Waals surface area contributed by atoms with Crippen molar-refractivity contribution in [3.05, 3.63) is 72.9 Å². The SMILES string of the molecule is CC/C=C\C/C=C\C/C=C\CCCCCCCC(=O)OC[C@H](COC(=O)CCCC/C=C\C/C=C\C/C=C\CCCCC)OC(=O)CCCCCCCCCCCCCC. The molecule has 60 heavy (non-hydrogen) atoms. The van der Waals surface area contributed by atoms with E-state index in [4.69, 9.17) is 14.2 Å². The lowest BCUT2D eigenvalue weighted by molar-refractivity contribution is -0.167. The highest BCUT2D eigenvalue weighted by atomic mass is 16.6. The summed E-state index contributed by atoms with van der Waals surface area (Å²) in [5.74, 6) is -0.950. The summed E-state index contributed by atoms with van der Waals surface area (Å²) in [5, 5.41) is 0. The minimum absolute atomic E-state index is 0.0955. The van der Waals surface area contributed by atoms with Gasteiger partial charge in [0.2, 0.25) is 0 Å². The van der Waals surface area contributed by atoms with Crippen molar-refractivity contribution in [2.75, 3.05) is 13.2 Å². The Morgan fingerprint density at radius 1 is 0.350 bits per heavy atom. The first-order valence-corrected chi connectivity index (χ1v) is 24.9. The zero-order valence-electron chi connectivity index (χ0n) is 39.2. The minimum Gasteiger partial charge on any atom is -0.462 e. The molecule has 0 aromatic heterocycles. The third-order valence-electron chi connectivity index (χ3n) is 10.4. The topological polar surface area (TPSA) is 78.9 Å². The summed E-state index contributed by atoms with van der Waals surface area (Å²) in [4.78, 5) is 37.9. The summed E-state index contributed by atoms with van der Waals surface area (Å²) < 4.78 is 16.7. The van der Waals surface area contributed by atoms with Crippen LogP contribution in [0.5, 0.6) is 0 Å². The molecule has 1 atom stereocenters. The number of allylic oxidation sites excluding steroid dienone is 12. The van der Waals surface area contributed by atoms with E-state index in [2.05, 4.69) is 93.7 Å². The van der Waals surface area contributed by atoms with Crippen LogP contribution in [0.25, 0.3) is 0 Å². The standard InChI is InChI=1S/C54H92O6/c1-4-7-10-13-16-19-22-25-27-29-32-34-37-40-43-46-52(55)58-49-51(60-54(57)48-45-42-39-36-31-24-21-18-15-12-9-6-3)50-59-53(56)47-44-41-38-35-33-30-28-26-23-20-17-14-11-8-5-2/h7,10,16-17,19-20,25-28,33,35,51H,4-6,8-9,11-15,18,21-24,29-32,34,36-50H2,1-3H3/b10-7-,19-16-,20-17-,27-25-,28-26-,35-33-/t51-/m1/s1. The van der Waals surface area contributed by atoms with Gasteiger partial charge in [-0.05, 0) is 89.9 Å². The third-order valence-corrected chi connectivity index (χ3v) is 10.4. The van der Waals surface area contributed by atoms with E-state index in [0.29, 0.717) is 19.3 Å². The van der Waals surface area contributed by atoms with Crippen molar-refractivity contribution in [1.82, 2.24) is 0 Å². The van der Waals surface area contributed by atoms with Gasteiger partial charge in [0.05, 0.1) is 0 Å². The van der Waals surface area contributed by atoms with E-state index in [9.17, 15) is 14.4 Å². The van der Waals surface area contributed by atoms with Crippen LogP contribution in [0.2, 0.25) is 0 Å². The van der Waals surface area contributed by atoms with E-state index in [1.807, 2.05) is 0 Å². The van der Waals surface area contributed by atoms with Crippen molar-refractivity contribution in [2.45, 2.75) is 239 Å². The van der Waals surface area contributed by atoms with Crippen LogP contribution in [-0.2, 0) is 28.6 Å². The van der Waals surface area contributed by atoms with Crippen LogP contribution in [0, 0.1) is 0 Å². The molecule has 0 bridgehead atoms. The van der Waals surface area contributed by atoms with Gasteiger partial charge in [-0.3, -0.25) is 14.4 Å². The van der Waals surface area contributed by atoms with Gasteiger partial charge in [0.15, 0.2) is 6.10 Å². The summed E-state index contributed by atoms with van der Waals surface area (Å²) >= 11 is 0. The smallest absolute Gasteiger partial charge is 0.306 e. The molecule has 0 fully saturated rings. The summed E-state index contributed by atoms with van der Waals surface area (Å²) in [6, 6.07) is 0. The van der Waals surface area contributed by atoms with Gasteiger partial charge in [0.25, 0.3) is 0 Å². The molecular formula is C54H92O6. The second kappa shape index (κ2) is 48.5. The monoisotopic (exact) mass is 837 g/mol. The van der Waals surface area contributed by atoms with Gasteiger partial charge in [0.1, 0.15) is 13.2 Å². The molecule has 0 unspecified atom stereocenters. The Bertz CT molecular complexity index is 1140. The summed E-state index contributed by atoms with van der Waals surface area (Å²) in [5.41, 5.74) is 0. The molecule has 0 saturated heterocycles. The number of hydrogen-bond donors (Lipinski definition) is 0. The first-order valence-electron chi connectivity index (χ1n) is 24.9. The molecule has 0 aromatic rings. The Morgan fingerprint density at radius 3 is 1.08 bits per heavy atom.